The third-order valence-electron chi connectivity index (χ3n) is 5.27. The average Bonchev–Trinajstić information content (AvgIpc) is 3.13. The fraction of sp³-hybridized carbons (Fsp3) is 0.375. The fourth-order valence-electron chi connectivity index (χ4n) is 3.47. The van der Waals surface area contributed by atoms with Crippen LogP contribution in [0.4, 0.5) is 5.69 Å². The summed E-state index contributed by atoms with van der Waals surface area (Å²) in [6, 6.07) is 17.6. The number of fused-ring (bicyclic) bond motifs is 1. The molecule has 0 bridgehead atoms. The Balaban J connectivity index is 1.66. The van der Waals surface area contributed by atoms with Gasteiger partial charge < -0.3 is 14.8 Å². The van der Waals surface area contributed by atoms with Gasteiger partial charge in [0, 0.05) is 32.1 Å². The molecule has 0 aliphatic rings. The number of aromatic nitrogens is 2. The van der Waals surface area contributed by atoms with Crippen LogP contribution in [0.5, 0.6) is 0 Å². The minimum absolute atomic E-state index is 0.0212. The van der Waals surface area contributed by atoms with Gasteiger partial charge in [-0.15, -0.1) is 0 Å². The predicted octanol–water partition coefficient (Wildman–Crippen LogP) is 3.94. The molecule has 0 spiro atoms. The summed E-state index contributed by atoms with van der Waals surface area (Å²) in [6.07, 6.45) is 4.24. The van der Waals surface area contributed by atoms with Crippen molar-refractivity contribution in [3.8, 4) is 0 Å². The van der Waals surface area contributed by atoms with Gasteiger partial charge in [-0.3, -0.25) is 9.59 Å². The molecule has 0 saturated heterocycles. The summed E-state index contributed by atoms with van der Waals surface area (Å²) < 4.78 is 2.04. The van der Waals surface area contributed by atoms with E-state index in [9.17, 15) is 9.59 Å². The maximum Gasteiger partial charge on any atom is 0.246 e. The van der Waals surface area contributed by atoms with E-state index in [0.717, 1.165) is 48.2 Å². The highest BCUT2D eigenvalue weighted by Crippen LogP contribution is 2.19. The van der Waals surface area contributed by atoms with E-state index in [0.29, 0.717) is 13.0 Å². The van der Waals surface area contributed by atoms with Crippen LogP contribution in [-0.4, -0.2) is 35.0 Å². The molecule has 1 N–H and O–H groups in total. The molecule has 0 fully saturated rings. The number of hydrogen-bond acceptors (Lipinski definition) is 3. The lowest BCUT2D eigenvalue weighted by Crippen LogP contribution is -2.30. The van der Waals surface area contributed by atoms with Crippen molar-refractivity contribution in [3.05, 3.63) is 60.4 Å². The van der Waals surface area contributed by atoms with Gasteiger partial charge in [-0.25, -0.2) is 4.98 Å². The van der Waals surface area contributed by atoms with E-state index < -0.39 is 0 Å². The molecule has 0 radical (unpaired) electrons. The Hall–Kier alpha value is -3.15. The zero-order valence-electron chi connectivity index (χ0n) is 17.8. The van der Waals surface area contributed by atoms with Crippen LogP contribution in [0.1, 0.15) is 38.4 Å². The van der Waals surface area contributed by atoms with Gasteiger partial charge in [0.2, 0.25) is 11.8 Å². The van der Waals surface area contributed by atoms with Crippen molar-refractivity contribution >= 4 is 28.5 Å². The van der Waals surface area contributed by atoms with Gasteiger partial charge in [-0.2, -0.15) is 0 Å². The van der Waals surface area contributed by atoms with Crippen LogP contribution >= 0.6 is 0 Å². The molecule has 0 unspecified atom stereocenters. The van der Waals surface area contributed by atoms with E-state index in [4.69, 9.17) is 4.98 Å². The lowest BCUT2D eigenvalue weighted by molar-refractivity contribution is -0.121. The van der Waals surface area contributed by atoms with Crippen LogP contribution in [0.15, 0.2) is 54.6 Å². The van der Waals surface area contributed by atoms with Crippen molar-refractivity contribution in [1.29, 1.82) is 0 Å². The number of unbranched alkanes of at least 4 members (excludes halogenated alkanes) is 2. The monoisotopic (exact) mass is 406 g/mol. The van der Waals surface area contributed by atoms with Crippen LogP contribution in [0.3, 0.4) is 0 Å². The van der Waals surface area contributed by atoms with Gasteiger partial charge in [0.15, 0.2) is 0 Å². The molecule has 3 rings (SSSR count). The van der Waals surface area contributed by atoms with E-state index in [1.807, 2.05) is 66.1 Å². The van der Waals surface area contributed by atoms with Crippen LogP contribution in [0.2, 0.25) is 0 Å². The number of anilines is 1. The van der Waals surface area contributed by atoms with Gasteiger partial charge in [0.05, 0.1) is 11.0 Å². The van der Waals surface area contributed by atoms with E-state index >= 15 is 0 Å². The van der Waals surface area contributed by atoms with Crippen LogP contribution in [-0.2, 0) is 22.6 Å². The molecule has 6 heteroatoms. The Kier molecular flexibility index (Phi) is 7.60. The Bertz CT molecular complexity index is 981. The van der Waals surface area contributed by atoms with Crippen molar-refractivity contribution in [2.75, 3.05) is 18.5 Å². The number of hydrogen-bond donors (Lipinski definition) is 1. The minimum Gasteiger partial charge on any atom is -0.356 e. The fourth-order valence-corrected chi connectivity index (χ4v) is 3.47. The molecular formula is C24H30N4O2. The Morgan fingerprint density at radius 3 is 2.50 bits per heavy atom. The number of nitrogens with zero attached hydrogens (tertiary/aromatic N) is 3. The number of carbonyl (C=O) groups is 2. The molecule has 1 heterocycles. The van der Waals surface area contributed by atoms with Crippen LogP contribution in [0.25, 0.3) is 11.0 Å². The first-order valence-electron chi connectivity index (χ1n) is 10.6. The van der Waals surface area contributed by atoms with E-state index in [2.05, 4.69) is 5.32 Å². The normalized spacial score (nSPS) is 10.9. The summed E-state index contributed by atoms with van der Waals surface area (Å²) in [5.41, 5.74) is 2.78. The zero-order chi connectivity index (χ0) is 21.3. The zero-order valence-corrected chi connectivity index (χ0v) is 17.8. The number of nitrogens with one attached hydrogen (secondary N) is 1. The number of likely N-dealkylation sites (N-methyl/N-ethyl adjacent to an activating group) is 1. The van der Waals surface area contributed by atoms with Crippen LogP contribution in [0, 0.1) is 0 Å². The molecule has 2 amide bonds. The number of aryl methyl sites for hydroxylation is 1. The second kappa shape index (κ2) is 10.6. The Morgan fingerprint density at radius 2 is 1.73 bits per heavy atom. The van der Waals surface area contributed by atoms with Crippen molar-refractivity contribution < 1.29 is 9.59 Å². The molecular weight excluding hydrogens is 376 g/mol. The smallest absolute Gasteiger partial charge is 0.246 e. The van der Waals surface area contributed by atoms with E-state index in [1.165, 1.54) is 0 Å². The summed E-state index contributed by atoms with van der Waals surface area (Å²) in [4.78, 5) is 30.7. The summed E-state index contributed by atoms with van der Waals surface area (Å²) in [6.45, 7) is 2.83. The molecule has 1 aromatic heterocycles. The van der Waals surface area contributed by atoms with Crippen molar-refractivity contribution in [2.45, 2.75) is 45.6 Å². The van der Waals surface area contributed by atoms with E-state index in [-0.39, 0.29) is 18.4 Å². The SMILES string of the molecule is CCC(=O)NCCCCCc1nc2ccccc2n1CC(=O)N(C)c1ccccc1. The number of benzene rings is 2. The summed E-state index contributed by atoms with van der Waals surface area (Å²) in [7, 11) is 1.81. The van der Waals surface area contributed by atoms with Gasteiger partial charge in [-0.1, -0.05) is 43.7 Å². The molecule has 0 aliphatic carbocycles. The van der Waals surface area contributed by atoms with Gasteiger partial charge in [-0.05, 0) is 37.1 Å². The molecule has 0 aliphatic heterocycles. The molecule has 3 aromatic rings. The predicted molar refractivity (Wildman–Crippen MR) is 120 cm³/mol. The van der Waals surface area contributed by atoms with Crippen molar-refractivity contribution in [2.24, 2.45) is 0 Å². The van der Waals surface area contributed by atoms with Gasteiger partial charge in [0.25, 0.3) is 0 Å². The van der Waals surface area contributed by atoms with Crippen molar-refractivity contribution in [3.63, 3.8) is 0 Å². The molecule has 0 atom stereocenters. The summed E-state index contributed by atoms with van der Waals surface area (Å²) in [5, 5.41) is 2.91. The minimum atomic E-state index is 0.0212. The topological polar surface area (TPSA) is 67.2 Å². The maximum atomic E-state index is 13.0. The lowest BCUT2D eigenvalue weighted by Gasteiger charge is -2.18. The molecule has 0 saturated carbocycles. The molecule has 6 nitrogen and oxygen atoms in total. The third-order valence-corrected chi connectivity index (χ3v) is 5.27. The largest absolute Gasteiger partial charge is 0.356 e. The summed E-state index contributed by atoms with van der Waals surface area (Å²) in [5.74, 6) is 1.05. The number of carbonyl (C=O) groups excluding carboxylic acids is 2. The first kappa shape index (κ1) is 21.6. The first-order chi connectivity index (χ1) is 14.6. The highest BCUT2D eigenvalue weighted by atomic mass is 16.2. The number of rotatable bonds is 10. The van der Waals surface area contributed by atoms with Crippen molar-refractivity contribution in [1.82, 2.24) is 14.9 Å². The first-order valence-corrected chi connectivity index (χ1v) is 10.6. The van der Waals surface area contributed by atoms with Gasteiger partial charge >= 0.3 is 0 Å². The molecule has 158 valence electrons. The average molecular weight is 407 g/mol. The van der Waals surface area contributed by atoms with Gasteiger partial charge in [0.1, 0.15) is 12.4 Å². The molecule has 30 heavy (non-hydrogen) atoms. The Labute approximate surface area is 177 Å². The lowest BCUT2D eigenvalue weighted by atomic mass is 10.2. The second-order valence-corrected chi connectivity index (χ2v) is 7.41. The molecule has 2 aromatic carbocycles. The third kappa shape index (κ3) is 5.47. The quantitative estimate of drug-likeness (QED) is 0.519. The number of imidazole rings is 1. The number of amides is 2. The highest BCUT2D eigenvalue weighted by Gasteiger charge is 2.16. The Morgan fingerprint density at radius 1 is 1.00 bits per heavy atom. The maximum absolute atomic E-state index is 13.0. The summed E-state index contributed by atoms with van der Waals surface area (Å²) >= 11 is 0. The van der Waals surface area contributed by atoms with Crippen LogP contribution < -0.4 is 10.2 Å². The second-order valence-electron chi connectivity index (χ2n) is 7.41. The standard InChI is InChI=1S/C24H30N4O2/c1-3-23(29)25-17-11-5-8-16-22-26-20-14-9-10-15-21(20)28(22)18-24(30)27(2)19-12-6-4-7-13-19/h4,6-7,9-10,12-15H,3,5,8,11,16-18H2,1-2H3,(H,25,29). The highest BCUT2D eigenvalue weighted by molar-refractivity contribution is 5.93. The van der Waals surface area contributed by atoms with E-state index in [1.54, 1.807) is 11.9 Å². The number of para-hydroxylation sites is 3.